The van der Waals surface area contributed by atoms with Crippen LogP contribution in [-0.2, 0) is 23.9 Å². The van der Waals surface area contributed by atoms with Crippen molar-refractivity contribution in [1.29, 1.82) is 0 Å². The van der Waals surface area contributed by atoms with Crippen LogP contribution in [0.15, 0.2) is 22.7 Å². The van der Waals surface area contributed by atoms with E-state index < -0.39 is 41.1 Å². The van der Waals surface area contributed by atoms with Gasteiger partial charge in [-0.15, -0.1) is 0 Å². The highest BCUT2D eigenvalue weighted by atomic mass is 79.9. The van der Waals surface area contributed by atoms with Crippen molar-refractivity contribution in [3.63, 3.8) is 0 Å². The Balaban J connectivity index is 2.73. The number of rotatable bonds is 6. The van der Waals surface area contributed by atoms with Crippen molar-refractivity contribution in [2.24, 2.45) is 11.8 Å². The zero-order valence-electron chi connectivity index (χ0n) is 16.4. The van der Waals surface area contributed by atoms with Crippen molar-refractivity contribution in [2.75, 3.05) is 20.3 Å². The SMILES string of the molecule is CCOC(=O)[C@@H]1C(=O)C[C@](C)(O)[C@H](C(=O)OCC)[C@@H]1c1cc(Br)ccc1OC. The molecule has 0 aromatic heterocycles. The molecule has 1 saturated carbocycles. The summed E-state index contributed by atoms with van der Waals surface area (Å²) in [5, 5.41) is 11.0. The number of benzene rings is 1. The molecule has 1 aromatic carbocycles. The molecule has 0 heterocycles. The summed E-state index contributed by atoms with van der Waals surface area (Å²) in [5.41, 5.74) is -1.24. The summed E-state index contributed by atoms with van der Waals surface area (Å²) in [4.78, 5) is 38.4. The number of hydrogen-bond donors (Lipinski definition) is 1. The smallest absolute Gasteiger partial charge is 0.317 e. The number of halogens is 1. The molecule has 1 aromatic rings. The minimum atomic E-state index is -1.69. The first-order chi connectivity index (χ1) is 13.2. The number of aliphatic hydroxyl groups is 1. The van der Waals surface area contributed by atoms with Crippen LogP contribution in [0.4, 0.5) is 0 Å². The molecule has 1 aliphatic carbocycles. The summed E-state index contributed by atoms with van der Waals surface area (Å²) < 4.78 is 16.4. The van der Waals surface area contributed by atoms with Gasteiger partial charge in [0.05, 0.1) is 31.8 Å². The van der Waals surface area contributed by atoms with Crippen LogP contribution in [0.3, 0.4) is 0 Å². The number of hydrogen-bond acceptors (Lipinski definition) is 7. The Bertz CT molecular complexity index is 759. The molecule has 0 radical (unpaired) electrons. The molecule has 0 bridgehead atoms. The summed E-state index contributed by atoms with van der Waals surface area (Å²) in [6.07, 6.45) is -0.354. The minimum absolute atomic E-state index is 0.0887. The van der Waals surface area contributed by atoms with Gasteiger partial charge >= 0.3 is 11.9 Å². The zero-order chi connectivity index (χ0) is 21.1. The third-order valence-corrected chi connectivity index (χ3v) is 5.39. The van der Waals surface area contributed by atoms with E-state index in [1.165, 1.54) is 14.0 Å². The average Bonchev–Trinajstić information content (AvgIpc) is 2.60. The molecule has 2 rings (SSSR count). The van der Waals surface area contributed by atoms with E-state index in [9.17, 15) is 19.5 Å². The Morgan fingerprint density at radius 2 is 1.82 bits per heavy atom. The van der Waals surface area contributed by atoms with E-state index in [-0.39, 0.29) is 19.6 Å². The number of carbonyl (C=O) groups excluding carboxylic acids is 3. The van der Waals surface area contributed by atoms with Crippen molar-refractivity contribution >= 4 is 33.7 Å². The topological polar surface area (TPSA) is 99.1 Å². The number of Topliss-reactive ketones (excluding diaryl/α,β-unsaturated/α-hetero) is 1. The highest BCUT2D eigenvalue weighted by Crippen LogP contribution is 2.49. The van der Waals surface area contributed by atoms with Crippen LogP contribution in [-0.4, -0.2) is 48.8 Å². The number of methoxy groups -OCH3 is 1. The standard InChI is InChI=1S/C20H25BrO7/c1-5-27-18(23)16-13(22)10-20(3,25)17(19(24)28-6-2)15(16)12-9-11(21)7-8-14(12)26-4/h7-9,15-17,25H,5-6,10H2,1-4H3/t15-,16-,17+,20+/m1/s1. The monoisotopic (exact) mass is 456 g/mol. The highest BCUT2D eigenvalue weighted by molar-refractivity contribution is 9.10. The summed E-state index contributed by atoms with van der Waals surface area (Å²) in [6, 6.07) is 5.08. The van der Waals surface area contributed by atoms with Gasteiger partial charge in [0.15, 0.2) is 5.78 Å². The Morgan fingerprint density at radius 1 is 1.21 bits per heavy atom. The fourth-order valence-corrected chi connectivity index (χ4v) is 4.20. The second-order valence-corrected chi connectivity index (χ2v) is 7.79. The lowest BCUT2D eigenvalue weighted by Crippen LogP contribution is -2.55. The minimum Gasteiger partial charge on any atom is -0.496 e. The molecule has 7 nitrogen and oxygen atoms in total. The van der Waals surface area contributed by atoms with Crippen LogP contribution in [0.1, 0.15) is 38.7 Å². The molecule has 28 heavy (non-hydrogen) atoms. The molecular formula is C20H25BrO7. The van der Waals surface area contributed by atoms with Gasteiger partial charge in [-0.2, -0.15) is 0 Å². The average molecular weight is 457 g/mol. The van der Waals surface area contributed by atoms with Gasteiger partial charge in [-0.1, -0.05) is 15.9 Å². The van der Waals surface area contributed by atoms with E-state index in [2.05, 4.69) is 15.9 Å². The predicted molar refractivity (Wildman–Crippen MR) is 104 cm³/mol. The normalized spacial score (nSPS) is 27.2. The fraction of sp³-hybridized carbons (Fsp3) is 0.550. The van der Waals surface area contributed by atoms with E-state index in [1.807, 2.05) is 0 Å². The number of esters is 2. The van der Waals surface area contributed by atoms with Gasteiger partial charge < -0.3 is 19.3 Å². The van der Waals surface area contributed by atoms with E-state index >= 15 is 0 Å². The molecule has 1 aliphatic rings. The molecule has 8 heteroatoms. The molecule has 1 N–H and O–H groups in total. The molecule has 4 atom stereocenters. The zero-order valence-corrected chi connectivity index (χ0v) is 17.9. The van der Waals surface area contributed by atoms with Crippen LogP contribution in [0.5, 0.6) is 5.75 Å². The lowest BCUT2D eigenvalue weighted by Gasteiger charge is -2.43. The Morgan fingerprint density at radius 3 is 2.39 bits per heavy atom. The Hall–Kier alpha value is -1.93. The van der Waals surface area contributed by atoms with E-state index in [4.69, 9.17) is 14.2 Å². The highest BCUT2D eigenvalue weighted by Gasteiger charge is 2.57. The van der Waals surface area contributed by atoms with E-state index in [0.29, 0.717) is 15.8 Å². The third-order valence-electron chi connectivity index (χ3n) is 4.90. The van der Waals surface area contributed by atoms with Crippen LogP contribution < -0.4 is 4.74 Å². The summed E-state index contributed by atoms with van der Waals surface area (Å²) >= 11 is 3.38. The van der Waals surface area contributed by atoms with Crippen molar-refractivity contribution in [3.8, 4) is 5.75 Å². The van der Waals surface area contributed by atoms with Gasteiger partial charge in [0, 0.05) is 22.4 Å². The lowest BCUT2D eigenvalue weighted by atomic mass is 9.61. The van der Waals surface area contributed by atoms with Gasteiger partial charge in [0.25, 0.3) is 0 Å². The first-order valence-electron chi connectivity index (χ1n) is 9.09. The molecule has 1 fully saturated rings. The molecule has 154 valence electrons. The van der Waals surface area contributed by atoms with Gasteiger partial charge in [0.2, 0.25) is 0 Å². The van der Waals surface area contributed by atoms with Gasteiger partial charge in [-0.05, 0) is 39.0 Å². The Kier molecular flexibility index (Phi) is 7.22. The first-order valence-corrected chi connectivity index (χ1v) is 9.89. The third kappa shape index (κ3) is 4.38. The lowest BCUT2D eigenvalue weighted by molar-refractivity contribution is -0.172. The van der Waals surface area contributed by atoms with Crippen molar-refractivity contribution < 1.29 is 33.7 Å². The predicted octanol–water partition coefficient (Wildman–Crippen LogP) is 2.62. The second-order valence-electron chi connectivity index (χ2n) is 6.87. The maximum absolute atomic E-state index is 12.9. The van der Waals surface area contributed by atoms with Crippen LogP contribution >= 0.6 is 15.9 Å². The van der Waals surface area contributed by atoms with Gasteiger partial charge in [-0.25, -0.2) is 0 Å². The number of ketones is 1. The second kappa shape index (κ2) is 9.05. The Labute approximate surface area is 172 Å². The van der Waals surface area contributed by atoms with E-state index in [0.717, 1.165) is 0 Å². The van der Waals surface area contributed by atoms with Crippen molar-refractivity contribution in [1.82, 2.24) is 0 Å². The quantitative estimate of drug-likeness (QED) is 0.518. The van der Waals surface area contributed by atoms with Crippen molar-refractivity contribution in [3.05, 3.63) is 28.2 Å². The van der Waals surface area contributed by atoms with Crippen LogP contribution in [0, 0.1) is 11.8 Å². The summed E-state index contributed by atoms with van der Waals surface area (Å²) in [7, 11) is 1.45. The molecule has 0 saturated heterocycles. The van der Waals surface area contributed by atoms with E-state index in [1.54, 1.807) is 32.0 Å². The number of ether oxygens (including phenoxy) is 3. The first kappa shape index (κ1) is 22.4. The number of carbonyl (C=O) groups is 3. The van der Waals surface area contributed by atoms with Gasteiger partial charge in [-0.3, -0.25) is 14.4 Å². The summed E-state index contributed by atoms with van der Waals surface area (Å²) in [5.74, 6) is -4.91. The van der Waals surface area contributed by atoms with Crippen LogP contribution in [0.2, 0.25) is 0 Å². The maximum atomic E-state index is 12.9. The molecule has 0 unspecified atom stereocenters. The molecule has 0 spiro atoms. The largest absolute Gasteiger partial charge is 0.496 e. The van der Waals surface area contributed by atoms with Crippen molar-refractivity contribution in [2.45, 2.75) is 38.7 Å². The summed E-state index contributed by atoms with van der Waals surface area (Å²) in [6.45, 7) is 4.89. The van der Waals surface area contributed by atoms with Crippen LogP contribution in [0.25, 0.3) is 0 Å². The molecule has 0 amide bonds. The maximum Gasteiger partial charge on any atom is 0.317 e. The fourth-order valence-electron chi connectivity index (χ4n) is 3.82. The van der Waals surface area contributed by atoms with Gasteiger partial charge in [0.1, 0.15) is 11.7 Å². The molecule has 0 aliphatic heterocycles. The molecular weight excluding hydrogens is 432 g/mol.